The SMILES string of the molecule is Cc1cc(CCCOC(=O)CCCCCSSCCCCCC(=O)OCCCc2cc(C)c(O)c(C)c2)cc(C)c1O. The Morgan fingerprint density at radius 1 is 0.571 bits per heavy atom. The molecule has 6 nitrogen and oxygen atoms in total. The number of rotatable bonds is 21. The number of esters is 2. The molecule has 0 spiro atoms. The molecule has 234 valence electrons. The number of hydrogen-bond donors (Lipinski definition) is 2. The zero-order valence-electron chi connectivity index (χ0n) is 26.0. The molecule has 0 aromatic heterocycles. The van der Waals surface area contributed by atoms with E-state index in [0.29, 0.717) is 37.6 Å². The third kappa shape index (κ3) is 14.7. The van der Waals surface area contributed by atoms with Crippen LogP contribution >= 0.6 is 21.6 Å². The van der Waals surface area contributed by atoms with Gasteiger partial charge in [-0.1, -0.05) is 58.7 Å². The normalized spacial score (nSPS) is 11.0. The van der Waals surface area contributed by atoms with E-state index >= 15 is 0 Å². The molecule has 0 radical (unpaired) electrons. The molecule has 0 fully saturated rings. The topological polar surface area (TPSA) is 93.1 Å². The molecule has 2 rings (SSSR count). The van der Waals surface area contributed by atoms with Crippen LogP contribution < -0.4 is 0 Å². The quantitative estimate of drug-likeness (QED) is 0.0817. The Kier molecular flexibility index (Phi) is 17.6. The van der Waals surface area contributed by atoms with Gasteiger partial charge in [0.1, 0.15) is 11.5 Å². The van der Waals surface area contributed by atoms with E-state index in [1.54, 1.807) is 0 Å². The number of phenolic OH excluding ortho intramolecular Hbond substituents is 2. The first-order chi connectivity index (χ1) is 20.2. The predicted octanol–water partition coefficient (Wildman–Crippen LogP) is 8.49. The van der Waals surface area contributed by atoms with Gasteiger partial charge in [-0.3, -0.25) is 9.59 Å². The number of unbranched alkanes of at least 4 members (excludes halogenated alkanes) is 4. The number of carbonyl (C=O) groups is 2. The van der Waals surface area contributed by atoms with Gasteiger partial charge in [0, 0.05) is 24.3 Å². The Hall–Kier alpha value is -2.32. The summed E-state index contributed by atoms with van der Waals surface area (Å²) in [5.74, 6) is 2.65. The van der Waals surface area contributed by atoms with Gasteiger partial charge in [-0.25, -0.2) is 0 Å². The molecule has 2 aromatic carbocycles. The highest BCUT2D eigenvalue weighted by Gasteiger charge is 2.07. The molecular formula is C34H50O6S2. The minimum atomic E-state index is -0.113. The summed E-state index contributed by atoms with van der Waals surface area (Å²) in [5, 5.41) is 19.7. The fourth-order valence-corrected chi connectivity index (χ4v) is 7.07. The molecule has 8 heteroatoms. The fraction of sp³-hybridized carbons (Fsp3) is 0.588. The molecule has 0 unspecified atom stereocenters. The molecule has 0 amide bonds. The van der Waals surface area contributed by atoms with E-state index < -0.39 is 0 Å². The van der Waals surface area contributed by atoms with E-state index in [4.69, 9.17) is 9.47 Å². The molecule has 2 aromatic rings. The van der Waals surface area contributed by atoms with E-state index in [9.17, 15) is 19.8 Å². The van der Waals surface area contributed by atoms with Crippen molar-refractivity contribution in [1.29, 1.82) is 0 Å². The van der Waals surface area contributed by atoms with E-state index in [2.05, 4.69) is 0 Å². The average Bonchev–Trinajstić information content (AvgIpc) is 2.95. The second kappa shape index (κ2) is 20.6. The first kappa shape index (κ1) is 35.9. The van der Waals surface area contributed by atoms with Crippen molar-refractivity contribution in [1.82, 2.24) is 0 Å². The second-order valence-electron chi connectivity index (χ2n) is 11.1. The van der Waals surface area contributed by atoms with Gasteiger partial charge in [-0.15, -0.1) is 0 Å². The molecule has 0 saturated carbocycles. The Balaban J connectivity index is 1.34. The lowest BCUT2D eigenvalue weighted by molar-refractivity contribution is -0.144. The number of phenols is 2. The van der Waals surface area contributed by atoms with Crippen molar-refractivity contribution in [2.45, 2.75) is 105 Å². The first-order valence-corrected chi connectivity index (χ1v) is 17.8. The standard InChI is InChI=1S/C34H50O6S2/c1-25-21-29(22-26(2)33(25)37)13-11-17-39-31(35)15-7-5-9-19-41-42-20-10-6-8-16-32(36)40-18-12-14-30-23-27(3)34(38)28(4)24-30/h21-24,37-38H,5-20H2,1-4H3. The van der Waals surface area contributed by atoms with E-state index in [1.165, 1.54) is 0 Å². The van der Waals surface area contributed by atoms with Crippen molar-refractivity contribution in [2.24, 2.45) is 0 Å². The maximum absolute atomic E-state index is 12.0. The summed E-state index contributed by atoms with van der Waals surface area (Å²) in [7, 11) is 3.77. The number of benzene rings is 2. The van der Waals surface area contributed by atoms with Gasteiger partial charge in [0.05, 0.1) is 13.2 Å². The van der Waals surface area contributed by atoms with Crippen molar-refractivity contribution >= 4 is 33.5 Å². The van der Waals surface area contributed by atoms with Crippen LogP contribution in [0.4, 0.5) is 0 Å². The minimum absolute atomic E-state index is 0.113. The second-order valence-corrected chi connectivity index (χ2v) is 13.8. The highest BCUT2D eigenvalue weighted by molar-refractivity contribution is 8.76. The molecule has 42 heavy (non-hydrogen) atoms. The molecular weight excluding hydrogens is 569 g/mol. The predicted molar refractivity (Wildman–Crippen MR) is 176 cm³/mol. The molecule has 0 saturated heterocycles. The maximum atomic E-state index is 12.0. The molecule has 0 atom stereocenters. The Bertz CT molecular complexity index is 984. The minimum Gasteiger partial charge on any atom is -0.507 e. The third-order valence-corrected chi connectivity index (χ3v) is 9.73. The van der Waals surface area contributed by atoms with Crippen LogP contribution in [0.15, 0.2) is 24.3 Å². The van der Waals surface area contributed by atoms with Gasteiger partial charge < -0.3 is 19.7 Å². The van der Waals surface area contributed by atoms with Gasteiger partial charge in [0.2, 0.25) is 0 Å². The van der Waals surface area contributed by atoms with Crippen molar-refractivity contribution in [2.75, 3.05) is 24.7 Å². The Morgan fingerprint density at radius 2 is 0.929 bits per heavy atom. The summed E-state index contributed by atoms with van der Waals surface area (Å²) in [4.78, 5) is 23.9. The number of ether oxygens (including phenoxy) is 2. The van der Waals surface area contributed by atoms with Gasteiger partial charge in [0.15, 0.2) is 0 Å². The fourth-order valence-electron chi connectivity index (χ4n) is 4.78. The third-order valence-electron chi connectivity index (χ3n) is 7.15. The van der Waals surface area contributed by atoms with Crippen LogP contribution in [0.3, 0.4) is 0 Å². The number of carbonyl (C=O) groups excluding carboxylic acids is 2. The summed E-state index contributed by atoms with van der Waals surface area (Å²) < 4.78 is 10.7. The average molecular weight is 619 g/mol. The lowest BCUT2D eigenvalue weighted by Crippen LogP contribution is -2.06. The number of aromatic hydroxyl groups is 2. The molecule has 0 aliphatic heterocycles. The summed E-state index contributed by atoms with van der Waals surface area (Å²) >= 11 is 0. The monoisotopic (exact) mass is 618 g/mol. The van der Waals surface area contributed by atoms with Crippen molar-refractivity contribution < 1.29 is 29.3 Å². The van der Waals surface area contributed by atoms with Gasteiger partial charge in [-0.2, -0.15) is 0 Å². The van der Waals surface area contributed by atoms with E-state index in [1.807, 2.05) is 73.5 Å². The van der Waals surface area contributed by atoms with Crippen molar-refractivity contribution in [3.05, 3.63) is 57.6 Å². The van der Waals surface area contributed by atoms with Crippen molar-refractivity contribution in [3.8, 4) is 11.5 Å². The lowest BCUT2D eigenvalue weighted by atomic mass is 10.0. The lowest BCUT2D eigenvalue weighted by Gasteiger charge is -2.09. The first-order valence-electron chi connectivity index (χ1n) is 15.3. The van der Waals surface area contributed by atoms with Crippen LogP contribution in [0.2, 0.25) is 0 Å². The van der Waals surface area contributed by atoms with Crippen LogP contribution in [0, 0.1) is 27.7 Å². The largest absolute Gasteiger partial charge is 0.507 e. The summed E-state index contributed by atoms with van der Waals surface area (Å²) in [6.07, 6.45) is 10.2. The Morgan fingerprint density at radius 3 is 1.29 bits per heavy atom. The van der Waals surface area contributed by atoms with Gasteiger partial charge in [-0.05, 0) is 112 Å². The highest BCUT2D eigenvalue weighted by atomic mass is 33.1. The maximum Gasteiger partial charge on any atom is 0.305 e. The highest BCUT2D eigenvalue weighted by Crippen LogP contribution is 2.26. The summed E-state index contributed by atoms with van der Waals surface area (Å²) in [6, 6.07) is 7.97. The molecule has 0 bridgehead atoms. The number of aryl methyl sites for hydroxylation is 6. The van der Waals surface area contributed by atoms with Crippen LogP contribution in [-0.2, 0) is 31.9 Å². The molecule has 0 aliphatic rings. The van der Waals surface area contributed by atoms with Crippen LogP contribution in [0.1, 0.15) is 97.6 Å². The molecule has 0 aliphatic carbocycles. The number of hydrogen-bond acceptors (Lipinski definition) is 8. The van der Waals surface area contributed by atoms with Crippen LogP contribution in [0.5, 0.6) is 11.5 Å². The van der Waals surface area contributed by atoms with Gasteiger partial charge in [0.25, 0.3) is 0 Å². The van der Waals surface area contributed by atoms with Crippen LogP contribution in [-0.4, -0.2) is 46.9 Å². The zero-order valence-corrected chi connectivity index (χ0v) is 27.6. The molecule has 2 N–H and O–H groups in total. The van der Waals surface area contributed by atoms with E-state index in [-0.39, 0.29) is 11.9 Å². The van der Waals surface area contributed by atoms with Crippen LogP contribution in [0.25, 0.3) is 0 Å². The zero-order chi connectivity index (χ0) is 30.7. The molecule has 0 heterocycles. The van der Waals surface area contributed by atoms with Crippen molar-refractivity contribution in [3.63, 3.8) is 0 Å². The summed E-state index contributed by atoms with van der Waals surface area (Å²) in [6.45, 7) is 8.48. The Labute approximate surface area is 260 Å². The van der Waals surface area contributed by atoms with Gasteiger partial charge >= 0.3 is 11.9 Å². The van der Waals surface area contributed by atoms with E-state index in [0.717, 1.165) is 109 Å². The smallest absolute Gasteiger partial charge is 0.305 e. The summed E-state index contributed by atoms with van der Waals surface area (Å²) in [5.41, 5.74) is 5.86.